The second kappa shape index (κ2) is 6.55. The Morgan fingerprint density at radius 2 is 2.09 bits per heavy atom. The van der Waals surface area contributed by atoms with E-state index in [2.05, 4.69) is 10.5 Å². The van der Waals surface area contributed by atoms with Crippen LogP contribution in [0.3, 0.4) is 0 Å². The first-order valence-corrected chi connectivity index (χ1v) is 7.63. The van der Waals surface area contributed by atoms with Gasteiger partial charge in [0.2, 0.25) is 0 Å². The highest BCUT2D eigenvalue weighted by Crippen LogP contribution is 2.33. The van der Waals surface area contributed by atoms with Gasteiger partial charge < -0.3 is 4.42 Å². The van der Waals surface area contributed by atoms with Crippen molar-refractivity contribution >= 4 is 17.2 Å². The van der Waals surface area contributed by atoms with Crippen molar-refractivity contribution in [1.29, 1.82) is 0 Å². The third kappa shape index (κ3) is 2.93. The minimum Gasteiger partial charge on any atom is -0.462 e. The van der Waals surface area contributed by atoms with Gasteiger partial charge in [-0.2, -0.15) is 0 Å². The Bertz CT molecular complexity index is 751. The van der Waals surface area contributed by atoms with Crippen LogP contribution in [0, 0.1) is 0 Å². The van der Waals surface area contributed by atoms with Crippen molar-refractivity contribution in [1.82, 2.24) is 10.5 Å². The van der Waals surface area contributed by atoms with Crippen molar-refractivity contribution < 1.29 is 14.0 Å². The quantitative estimate of drug-likeness (QED) is 0.728. The second-order valence-corrected chi connectivity index (χ2v) is 5.40. The van der Waals surface area contributed by atoms with E-state index >= 15 is 0 Å². The molecule has 0 aliphatic heterocycles. The van der Waals surface area contributed by atoms with E-state index in [0.29, 0.717) is 27.9 Å². The number of hydroxylamine groups is 1. The molecule has 22 heavy (non-hydrogen) atoms. The average molecular weight is 314 g/mol. The van der Waals surface area contributed by atoms with E-state index in [4.69, 9.17) is 9.25 Å². The van der Waals surface area contributed by atoms with E-state index in [9.17, 15) is 4.79 Å². The predicted molar refractivity (Wildman–Crippen MR) is 84.3 cm³/mol. The number of thiazole rings is 1. The number of aromatic nitrogens is 1. The van der Waals surface area contributed by atoms with Crippen LogP contribution < -0.4 is 5.48 Å². The second-order valence-electron chi connectivity index (χ2n) is 4.40. The first kappa shape index (κ1) is 14.5. The summed E-state index contributed by atoms with van der Waals surface area (Å²) in [5, 5.41) is 0.658. The molecular formula is C16H14N2O3S. The van der Waals surface area contributed by atoms with Gasteiger partial charge in [0.1, 0.15) is 4.88 Å². The van der Waals surface area contributed by atoms with Gasteiger partial charge in [0.25, 0.3) is 5.91 Å². The molecule has 1 N–H and O–H groups in total. The molecule has 6 heteroatoms. The van der Waals surface area contributed by atoms with Crippen molar-refractivity contribution in [3.8, 4) is 22.0 Å². The maximum absolute atomic E-state index is 12.3. The van der Waals surface area contributed by atoms with E-state index in [-0.39, 0.29) is 5.91 Å². The smallest absolute Gasteiger partial charge is 0.287 e. The lowest BCUT2D eigenvalue weighted by Crippen LogP contribution is -2.23. The van der Waals surface area contributed by atoms with Crippen LogP contribution in [0.1, 0.15) is 16.6 Å². The Labute approximate surface area is 131 Å². The first-order valence-electron chi connectivity index (χ1n) is 6.82. The number of nitrogens with one attached hydrogen (secondary N) is 1. The van der Waals surface area contributed by atoms with Gasteiger partial charge in [0.15, 0.2) is 10.8 Å². The molecule has 5 nitrogen and oxygen atoms in total. The van der Waals surface area contributed by atoms with Crippen LogP contribution in [0.25, 0.3) is 22.0 Å². The molecule has 0 unspecified atom stereocenters. The Balaban J connectivity index is 2.04. The number of carbonyl (C=O) groups is 1. The molecule has 1 amide bonds. The topological polar surface area (TPSA) is 64.4 Å². The van der Waals surface area contributed by atoms with Crippen LogP contribution in [-0.4, -0.2) is 17.5 Å². The Kier molecular flexibility index (Phi) is 4.32. The number of carbonyl (C=O) groups excluding carboxylic acids is 1. The first-order chi connectivity index (χ1) is 10.8. The summed E-state index contributed by atoms with van der Waals surface area (Å²) < 4.78 is 5.37. The SMILES string of the molecule is CCONC(=O)c1sc(-c2ccco2)nc1-c1ccccc1. The van der Waals surface area contributed by atoms with Crippen molar-refractivity contribution in [2.75, 3.05) is 6.61 Å². The molecule has 2 heterocycles. The van der Waals surface area contributed by atoms with E-state index in [1.54, 1.807) is 19.3 Å². The number of hydrogen-bond donors (Lipinski definition) is 1. The highest BCUT2D eigenvalue weighted by atomic mass is 32.1. The minimum atomic E-state index is -0.309. The molecule has 2 aromatic heterocycles. The van der Waals surface area contributed by atoms with Crippen molar-refractivity contribution in [3.63, 3.8) is 0 Å². The summed E-state index contributed by atoms with van der Waals surface area (Å²) in [6, 6.07) is 13.2. The highest BCUT2D eigenvalue weighted by Gasteiger charge is 2.21. The normalized spacial score (nSPS) is 10.6. The standard InChI is InChI=1S/C16H14N2O3S/c1-2-21-18-15(19)14-13(11-7-4-3-5-8-11)17-16(22-14)12-9-6-10-20-12/h3-10H,2H2,1H3,(H,18,19). The van der Waals surface area contributed by atoms with E-state index < -0.39 is 0 Å². The summed E-state index contributed by atoms with van der Waals surface area (Å²) in [5.74, 6) is 0.327. The molecule has 0 radical (unpaired) electrons. The number of furan rings is 1. The maximum atomic E-state index is 12.3. The van der Waals surface area contributed by atoms with Gasteiger partial charge in [-0.15, -0.1) is 11.3 Å². The van der Waals surface area contributed by atoms with Gasteiger partial charge in [-0.25, -0.2) is 10.5 Å². The van der Waals surface area contributed by atoms with Gasteiger partial charge >= 0.3 is 0 Å². The number of rotatable bonds is 5. The Hall–Kier alpha value is -2.44. The van der Waals surface area contributed by atoms with Crippen LogP contribution in [0.5, 0.6) is 0 Å². The molecule has 0 bridgehead atoms. The van der Waals surface area contributed by atoms with Gasteiger partial charge in [-0.1, -0.05) is 30.3 Å². The van der Waals surface area contributed by atoms with Gasteiger partial charge in [-0.05, 0) is 19.1 Å². The lowest BCUT2D eigenvalue weighted by molar-refractivity contribution is 0.0369. The van der Waals surface area contributed by atoms with E-state index in [1.165, 1.54) is 11.3 Å². The summed E-state index contributed by atoms with van der Waals surface area (Å²) >= 11 is 1.27. The number of nitrogens with zero attached hydrogens (tertiary/aromatic N) is 1. The lowest BCUT2D eigenvalue weighted by Gasteiger charge is -2.03. The zero-order chi connectivity index (χ0) is 15.4. The third-order valence-electron chi connectivity index (χ3n) is 2.92. The highest BCUT2D eigenvalue weighted by molar-refractivity contribution is 7.17. The van der Waals surface area contributed by atoms with Gasteiger partial charge in [0.05, 0.1) is 18.6 Å². The minimum absolute atomic E-state index is 0.309. The molecule has 0 aliphatic carbocycles. The monoisotopic (exact) mass is 314 g/mol. The lowest BCUT2D eigenvalue weighted by atomic mass is 10.1. The largest absolute Gasteiger partial charge is 0.462 e. The van der Waals surface area contributed by atoms with Crippen LogP contribution in [0.15, 0.2) is 53.1 Å². The number of benzene rings is 1. The number of amides is 1. The van der Waals surface area contributed by atoms with E-state index in [1.807, 2.05) is 36.4 Å². The van der Waals surface area contributed by atoms with Crippen LogP contribution in [0.4, 0.5) is 0 Å². The Morgan fingerprint density at radius 1 is 1.27 bits per heavy atom. The Morgan fingerprint density at radius 3 is 2.77 bits per heavy atom. The molecular weight excluding hydrogens is 300 g/mol. The molecule has 0 fully saturated rings. The zero-order valence-corrected chi connectivity index (χ0v) is 12.7. The molecule has 0 aliphatic rings. The summed E-state index contributed by atoms with van der Waals surface area (Å²) in [6.07, 6.45) is 1.58. The molecule has 1 aromatic carbocycles. The molecule has 3 aromatic rings. The summed E-state index contributed by atoms with van der Waals surface area (Å²) in [7, 11) is 0. The molecule has 0 saturated carbocycles. The third-order valence-corrected chi connectivity index (χ3v) is 3.99. The predicted octanol–water partition coefficient (Wildman–Crippen LogP) is 3.75. The van der Waals surface area contributed by atoms with Crippen LogP contribution in [0.2, 0.25) is 0 Å². The summed E-state index contributed by atoms with van der Waals surface area (Å²) in [4.78, 5) is 22.3. The van der Waals surface area contributed by atoms with Crippen LogP contribution >= 0.6 is 11.3 Å². The fourth-order valence-electron chi connectivity index (χ4n) is 1.96. The van der Waals surface area contributed by atoms with Crippen molar-refractivity contribution in [3.05, 3.63) is 53.6 Å². The average Bonchev–Trinajstić information content (AvgIpc) is 3.22. The fourth-order valence-corrected chi connectivity index (χ4v) is 2.90. The van der Waals surface area contributed by atoms with Crippen molar-refractivity contribution in [2.24, 2.45) is 0 Å². The van der Waals surface area contributed by atoms with Gasteiger partial charge in [0, 0.05) is 5.56 Å². The van der Waals surface area contributed by atoms with E-state index in [0.717, 1.165) is 5.56 Å². The van der Waals surface area contributed by atoms with Gasteiger partial charge in [-0.3, -0.25) is 9.63 Å². The number of hydrogen-bond acceptors (Lipinski definition) is 5. The molecule has 0 spiro atoms. The fraction of sp³-hybridized carbons (Fsp3) is 0.125. The summed E-state index contributed by atoms with van der Waals surface area (Å²) in [6.45, 7) is 2.20. The van der Waals surface area contributed by atoms with Crippen LogP contribution in [-0.2, 0) is 4.84 Å². The molecule has 0 atom stereocenters. The zero-order valence-electron chi connectivity index (χ0n) is 11.9. The molecule has 112 valence electrons. The van der Waals surface area contributed by atoms with Crippen molar-refractivity contribution in [2.45, 2.75) is 6.92 Å². The molecule has 3 rings (SSSR count). The molecule has 0 saturated heterocycles. The summed E-state index contributed by atoms with van der Waals surface area (Å²) in [5.41, 5.74) is 3.91. The maximum Gasteiger partial charge on any atom is 0.287 e.